The maximum absolute atomic E-state index is 6.07. The lowest BCUT2D eigenvalue weighted by Crippen LogP contribution is -2.22. The van der Waals surface area contributed by atoms with E-state index < -0.39 is 0 Å². The van der Waals surface area contributed by atoms with Gasteiger partial charge in [-0.15, -0.1) is 11.3 Å². The van der Waals surface area contributed by atoms with Crippen LogP contribution in [-0.4, -0.2) is 6.54 Å². The van der Waals surface area contributed by atoms with E-state index in [9.17, 15) is 0 Å². The number of hydrogen-bond acceptors (Lipinski definition) is 3. The SMILES string of the molecule is CCNC(Cc1ccc(CC)s1)c1ccoc1Cl. The van der Waals surface area contributed by atoms with Gasteiger partial charge in [0.15, 0.2) is 5.22 Å². The first-order chi connectivity index (χ1) is 8.74. The fraction of sp³-hybridized carbons (Fsp3) is 0.429. The lowest BCUT2D eigenvalue weighted by atomic mass is 10.1. The molecule has 0 saturated heterocycles. The fourth-order valence-corrected chi connectivity index (χ4v) is 3.26. The number of rotatable bonds is 6. The third-order valence-electron chi connectivity index (χ3n) is 2.94. The van der Waals surface area contributed by atoms with Crippen molar-refractivity contribution in [2.75, 3.05) is 6.54 Å². The van der Waals surface area contributed by atoms with Crippen molar-refractivity contribution < 1.29 is 4.42 Å². The lowest BCUT2D eigenvalue weighted by Gasteiger charge is -2.15. The van der Waals surface area contributed by atoms with Gasteiger partial charge in [-0.3, -0.25) is 0 Å². The number of furan rings is 1. The molecule has 18 heavy (non-hydrogen) atoms. The van der Waals surface area contributed by atoms with Gasteiger partial charge in [0.25, 0.3) is 0 Å². The Kier molecular flexibility index (Phi) is 4.87. The molecule has 0 fully saturated rings. The molecule has 0 amide bonds. The van der Waals surface area contributed by atoms with E-state index in [0.29, 0.717) is 5.22 Å². The first kappa shape index (κ1) is 13.7. The predicted octanol–water partition coefficient (Wildman–Crippen LogP) is 4.45. The van der Waals surface area contributed by atoms with E-state index in [1.807, 2.05) is 17.4 Å². The molecule has 1 atom stereocenters. The third kappa shape index (κ3) is 3.16. The van der Waals surface area contributed by atoms with Gasteiger partial charge in [-0.05, 0) is 42.8 Å². The highest BCUT2D eigenvalue weighted by molar-refractivity contribution is 7.11. The molecule has 0 aliphatic carbocycles. The van der Waals surface area contributed by atoms with E-state index in [2.05, 4.69) is 31.3 Å². The normalized spacial score (nSPS) is 12.8. The highest BCUT2D eigenvalue weighted by Gasteiger charge is 2.17. The minimum Gasteiger partial charge on any atom is -0.453 e. The van der Waals surface area contributed by atoms with Crippen LogP contribution >= 0.6 is 22.9 Å². The Bertz CT molecular complexity index is 491. The molecule has 2 aromatic heterocycles. The summed E-state index contributed by atoms with van der Waals surface area (Å²) < 4.78 is 5.18. The van der Waals surface area contributed by atoms with Crippen LogP contribution in [-0.2, 0) is 12.8 Å². The van der Waals surface area contributed by atoms with Gasteiger partial charge in [-0.2, -0.15) is 0 Å². The van der Waals surface area contributed by atoms with Gasteiger partial charge in [0.1, 0.15) is 0 Å². The summed E-state index contributed by atoms with van der Waals surface area (Å²) in [5.41, 5.74) is 1.05. The Labute approximate surface area is 117 Å². The minimum absolute atomic E-state index is 0.226. The lowest BCUT2D eigenvalue weighted by molar-refractivity contribution is 0.528. The van der Waals surface area contributed by atoms with Gasteiger partial charge >= 0.3 is 0 Å². The Morgan fingerprint density at radius 1 is 1.28 bits per heavy atom. The second kappa shape index (κ2) is 6.41. The Hall–Kier alpha value is -0.770. The van der Waals surface area contributed by atoms with Crippen LogP contribution in [0.25, 0.3) is 0 Å². The molecular formula is C14H18ClNOS. The Morgan fingerprint density at radius 3 is 2.61 bits per heavy atom. The van der Waals surface area contributed by atoms with Crippen molar-refractivity contribution in [1.82, 2.24) is 5.32 Å². The van der Waals surface area contributed by atoms with Crippen molar-refractivity contribution in [2.24, 2.45) is 0 Å². The van der Waals surface area contributed by atoms with E-state index in [4.69, 9.17) is 16.0 Å². The van der Waals surface area contributed by atoms with Crippen molar-refractivity contribution in [1.29, 1.82) is 0 Å². The van der Waals surface area contributed by atoms with Gasteiger partial charge in [-0.1, -0.05) is 13.8 Å². The molecule has 0 saturated carbocycles. The number of halogens is 1. The molecule has 4 heteroatoms. The summed E-state index contributed by atoms with van der Waals surface area (Å²) in [6.07, 6.45) is 3.70. The zero-order valence-corrected chi connectivity index (χ0v) is 12.3. The quantitative estimate of drug-likeness (QED) is 0.847. The standard InChI is InChI=1S/C14H18ClNOS/c1-3-10-5-6-11(18-10)9-13(16-4-2)12-7-8-17-14(12)15/h5-8,13,16H,3-4,9H2,1-2H3. The predicted molar refractivity (Wildman–Crippen MR) is 77.5 cm³/mol. The van der Waals surface area contributed by atoms with Gasteiger partial charge < -0.3 is 9.73 Å². The molecule has 2 nitrogen and oxygen atoms in total. The number of nitrogens with one attached hydrogen (secondary N) is 1. The maximum atomic E-state index is 6.07. The highest BCUT2D eigenvalue weighted by atomic mass is 35.5. The average molecular weight is 284 g/mol. The summed E-state index contributed by atoms with van der Waals surface area (Å²) in [6, 6.07) is 6.59. The zero-order valence-electron chi connectivity index (χ0n) is 10.7. The zero-order chi connectivity index (χ0) is 13.0. The van der Waals surface area contributed by atoms with Gasteiger partial charge in [0, 0.05) is 27.8 Å². The van der Waals surface area contributed by atoms with Crippen LogP contribution in [0.1, 0.15) is 35.2 Å². The van der Waals surface area contributed by atoms with E-state index >= 15 is 0 Å². The van der Waals surface area contributed by atoms with E-state index in [-0.39, 0.29) is 6.04 Å². The first-order valence-corrected chi connectivity index (χ1v) is 7.47. The molecule has 0 aliphatic rings. The minimum atomic E-state index is 0.226. The van der Waals surface area contributed by atoms with E-state index in [1.54, 1.807) is 6.26 Å². The summed E-state index contributed by atoms with van der Waals surface area (Å²) in [4.78, 5) is 2.81. The molecule has 0 radical (unpaired) electrons. The van der Waals surface area contributed by atoms with Crippen molar-refractivity contribution in [3.63, 3.8) is 0 Å². The third-order valence-corrected chi connectivity index (χ3v) is 4.50. The molecule has 0 aromatic carbocycles. The second-order valence-corrected chi connectivity index (χ2v) is 5.78. The molecule has 0 aliphatic heterocycles. The smallest absolute Gasteiger partial charge is 0.197 e. The van der Waals surface area contributed by atoms with Crippen LogP contribution in [0.15, 0.2) is 28.9 Å². The topological polar surface area (TPSA) is 25.2 Å². The van der Waals surface area contributed by atoms with Crippen LogP contribution in [0.4, 0.5) is 0 Å². The number of likely N-dealkylation sites (N-methyl/N-ethyl adjacent to an activating group) is 1. The number of thiophene rings is 1. The summed E-state index contributed by atoms with van der Waals surface area (Å²) >= 11 is 7.94. The molecule has 2 rings (SSSR count). The van der Waals surface area contributed by atoms with Crippen LogP contribution in [0.3, 0.4) is 0 Å². The molecule has 2 aromatic rings. The van der Waals surface area contributed by atoms with Gasteiger partial charge in [0.2, 0.25) is 0 Å². The van der Waals surface area contributed by atoms with Crippen molar-refractivity contribution in [3.05, 3.63) is 45.0 Å². The number of aryl methyl sites for hydroxylation is 1. The maximum Gasteiger partial charge on any atom is 0.197 e. The van der Waals surface area contributed by atoms with Crippen LogP contribution < -0.4 is 5.32 Å². The van der Waals surface area contributed by atoms with Crippen LogP contribution in [0.5, 0.6) is 0 Å². The summed E-state index contributed by atoms with van der Waals surface area (Å²) in [7, 11) is 0. The monoisotopic (exact) mass is 283 g/mol. The van der Waals surface area contributed by atoms with Gasteiger partial charge in [0.05, 0.1) is 6.26 Å². The summed E-state index contributed by atoms with van der Waals surface area (Å²) in [5.74, 6) is 0. The van der Waals surface area contributed by atoms with Gasteiger partial charge in [-0.25, -0.2) is 0 Å². The molecule has 98 valence electrons. The largest absolute Gasteiger partial charge is 0.453 e. The summed E-state index contributed by atoms with van der Waals surface area (Å²) in [5, 5.41) is 3.96. The first-order valence-electron chi connectivity index (χ1n) is 6.28. The summed E-state index contributed by atoms with van der Waals surface area (Å²) in [6.45, 7) is 5.20. The molecule has 0 spiro atoms. The molecular weight excluding hydrogens is 266 g/mol. The Balaban J connectivity index is 2.13. The highest BCUT2D eigenvalue weighted by Crippen LogP contribution is 2.29. The van der Waals surface area contributed by atoms with E-state index in [1.165, 1.54) is 9.75 Å². The van der Waals surface area contributed by atoms with Crippen molar-refractivity contribution in [2.45, 2.75) is 32.7 Å². The fourth-order valence-electron chi connectivity index (χ4n) is 2.02. The van der Waals surface area contributed by atoms with Crippen LogP contribution in [0, 0.1) is 0 Å². The molecule has 1 N–H and O–H groups in total. The number of hydrogen-bond donors (Lipinski definition) is 1. The van der Waals surface area contributed by atoms with Crippen molar-refractivity contribution >= 4 is 22.9 Å². The Morgan fingerprint density at radius 2 is 2.06 bits per heavy atom. The molecule has 1 unspecified atom stereocenters. The van der Waals surface area contributed by atoms with E-state index in [0.717, 1.165) is 24.9 Å². The second-order valence-electron chi connectivity index (χ2n) is 4.19. The molecule has 2 heterocycles. The van der Waals surface area contributed by atoms with Crippen molar-refractivity contribution in [3.8, 4) is 0 Å². The van der Waals surface area contributed by atoms with Crippen LogP contribution in [0.2, 0.25) is 5.22 Å². The average Bonchev–Trinajstić information content (AvgIpc) is 2.97. The molecule has 0 bridgehead atoms.